The molecule has 0 amide bonds. The molecule has 138 valence electrons. The molecular formula is C16H12BrCl2NO5S. The molecule has 0 unspecified atom stereocenters. The molecule has 0 aliphatic heterocycles. The summed E-state index contributed by atoms with van der Waals surface area (Å²) in [5.41, 5.74) is 0.224. The van der Waals surface area contributed by atoms with Gasteiger partial charge in [0.1, 0.15) is 6.54 Å². The number of hydrogen-bond donors (Lipinski definition) is 1. The number of nitrogens with one attached hydrogen (secondary N) is 1. The highest BCUT2D eigenvalue weighted by Crippen LogP contribution is 2.22. The smallest absolute Gasteiger partial charge is 0.321 e. The van der Waals surface area contributed by atoms with Crippen molar-refractivity contribution in [1.29, 1.82) is 0 Å². The van der Waals surface area contributed by atoms with Crippen molar-refractivity contribution >= 4 is 60.9 Å². The van der Waals surface area contributed by atoms with Gasteiger partial charge in [0.2, 0.25) is 10.0 Å². The first-order valence-electron chi connectivity index (χ1n) is 7.08. The van der Waals surface area contributed by atoms with Crippen LogP contribution in [0.25, 0.3) is 0 Å². The summed E-state index contributed by atoms with van der Waals surface area (Å²) in [5, 5.41) is 0.493. The Balaban J connectivity index is 1.88. The number of benzene rings is 2. The number of sulfonamides is 1. The van der Waals surface area contributed by atoms with Crippen LogP contribution in [-0.4, -0.2) is 33.3 Å². The monoisotopic (exact) mass is 479 g/mol. The third-order valence-corrected chi connectivity index (χ3v) is 5.75. The highest BCUT2D eigenvalue weighted by molar-refractivity contribution is 9.10. The minimum atomic E-state index is -3.88. The van der Waals surface area contributed by atoms with E-state index in [-0.39, 0.29) is 15.5 Å². The van der Waals surface area contributed by atoms with Gasteiger partial charge in [-0.3, -0.25) is 9.59 Å². The zero-order chi connectivity index (χ0) is 19.3. The van der Waals surface area contributed by atoms with Crippen molar-refractivity contribution in [2.45, 2.75) is 4.90 Å². The van der Waals surface area contributed by atoms with Crippen LogP contribution in [-0.2, 0) is 19.6 Å². The Morgan fingerprint density at radius 3 is 2.46 bits per heavy atom. The van der Waals surface area contributed by atoms with Crippen molar-refractivity contribution < 1.29 is 22.7 Å². The lowest BCUT2D eigenvalue weighted by Gasteiger charge is -2.08. The van der Waals surface area contributed by atoms with E-state index >= 15 is 0 Å². The predicted octanol–water partition coefficient (Wildman–Crippen LogP) is 3.46. The second-order valence-corrected chi connectivity index (χ2v) is 8.49. The first-order valence-corrected chi connectivity index (χ1v) is 10.1. The molecule has 6 nitrogen and oxygen atoms in total. The molecule has 10 heteroatoms. The summed E-state index contributed by atoms with van der Waals surface area (Å²) < 4.78 is 31.6. The number of hydrogen-bond acceptors (Lipinski definition) is 5. The summed E-state index contributed by atoms with van der Waals surface area (Å²) in [6.45, 7) is -1.15. The zero-order valence-corrected chi connectivity index (χ0v) is 17.0. The van der Waals surface area contributed by atoms with Gasteiger partial charge in [0.15, 0.2) is 12.4 Å². The number of halogens is 3. The van der Waals surface area contributed by atoms with Crippen LogP contribution < -0.4 is 4.72 Å². The van der Waals surface area contributed by atoms with Gasteiger partial charge >= 0.3 is 5.97 Å². The van der Waals surface area contributed by atoms with Gasteiger partial charge in [0.05, 0.1) is 14.9 Å². The molecule has 0 saturated carbocycles. The van der Waals surface area contributed by atoms with E-state index in [0.29, 0.717) is 9.50 Å². The van der Waals surface area contributed by atoms with E-state index in [9.17, 15) is 18.0 Å². The fraction of sp³-hybridized carbons (Fsp3) is 0.125. The molecule has 2 aromatic carbocycles. The lowest BCUT2D eigenvalue weighted by Crippen LogP contribution is -2.31. The lowest BCUT2D eigenvalue weighted by molar-refractivity contribution is -0.141. The van der Waals surface area contributed by atoms with E-state index < -0.39 is 34.9 Å². The summed E-state index contributed by atoms with van der Waals surface area (Å²) in [6.07, 6.45) is 0. The SMILES string of the molecule is O=C(CNS(=O)(=O)c1cccc(Br)c1)OCC(=O)c1ccc(Cl)c(Cl)c1. The van der Waals surface area contributed by atoms with E-state index in [2.05, 4.69) is 20.7 Å². The molecule has 2 rings (SSSR count). The van der Waals surface area contributed by atoms with Gasteiger partial charge in [-0.1, -0.05) is 45.2 Å². The number of carbonyl (C=O) groups is 2. The Morgan fingerprint density at radius 2 is 1.81 bits per heavy atom. The normalized spacial score (nSPS) is 11.2. The molecule has 0 bridgehead atoms. The van der Waals surface area contributed by atoms with Crippen LogP contribution in [0, 0.1) is 0 Å². The van der Waals surface area contributed by atoms with Crippen LogP contribution in [0.3, 0.4) is 0 Å². The summed E-state index contributed by atoms with van der Waals surface area (Å²) in [5.74, 6) is -1.39. The topological polar surface area (TPSA) is 89.5 Å². The Morgan fingerprint density at radius 1 is 1.08 bits per heavy atom. The van der Waals surface area contributed by atoms with Crippen molar-refractivity contribution in [2.75, 3.05) is 13.2 Å². The molecule has 0 aromatic heterocycles. The van der Waals surface area contributed by atoms with Crippen molar-refractivity contribution in [3.8, 4) is 0 Å². The van der Waals surface area contributed by atoms with Crippen molar-refractivity contribution in [3.63, 3.8) is 0 Å². The van der Waals surface area contributed by atoms with Crippen molar-refractivity contribution in [1.82, 2.24) is 4.72 Å². The maximum Gasteiger partial charge on any atom is 0.321 e. The van der Waals surface area contributed by atoms with Gasteiger partial charge in [-0.15, -0.1) is 0 Å². The lowest BCUT2D eigenvalue weighted by atomic mass is 10.1. The molecule has 0 aliphatic carbocycles. The van der Waals surface area contributed by atoms with Gasteiger partial charge in [-0.2, -0.15) is 4.72 Å². The molecule has 0 heterocycles. The second kappa shape index (κ2) is 8.96. The maximum atomic E-state index is 12.1. The predicted molar refractivity (Wildman–Crippen MR) is 101 cm³/mol. The quantitative estimate of drug-likeness (QED) is 0.484. The number of esters is 1. The molecule has 0 radical (unpaired) electrons. The van der Waals surface area contributed by atoms with Crippen molar-refractivity contribution in [2.24, 2.45) is 0 Å². The Hall–Kier alpha value is -1.45. The van der Waals surface area contributed by atoms with Crippen LogP contribution in [0.1, 0.15) is 10.4 Å². The number of Topliss-reactive ketones (excluding diaryl/α,β-unsaturated/α-hetero) is 1. The highest BCUT2D eigenvalue weighted by atomic mass is 79.9. The minimum Gasteiger partial charge on any atom is -0.456 e. The molecule has 0 atom stereocenters. The summed E-state index contributed by atoms with van der Waals surface area (Å²) in [6, 6.07) is 10.2. The first kappa shape index (κ1) is 20.9. The molecule has 0 saturated heterocycles. The maximum absolute atomic E-state index is 12.1. The molecule has 0 spiro atoms. The molecule has 26 heavy (non-hydrogen) atoms. The van der Waals surface area contributed by atoms with E-state index in [1.807, 2.05) is 0 Å². The van der Waals surface area contributed by atoms with E-state index in [1.165, 1.54) is 30.3 Å². The van der Waals surface area contributed by atoms with Gasteiger partial charge < -0.3 is 4.74 Å². The molecular weight excluding hydrogens is 469 g/mol. The van der Waals surface area contributed by atoms with Gasteiger partial charge in [-0.25, -0.2) is 8.42 Å². The zero-order valence-electron chi connectivity index (χ0n) is 13.0. The molecule has 0 fully saturated rings. The largest absolute Gasteiger partial charge is 0.456 e. The Labute approximate surface area is 168 Å². The average molecular weight is 481 g/mol. The Bertz CT molecular complexity index is 949. The fourth-order valence-electron chi connectivity index (χ4n) is 1.82. The van der Waals surface area contributed by atoms with Crippen LogP contribution in [0.4, 0.5) is 0 Å². The van der Waals surface area contributed by atoms with Gasteiger partial charge in [0.25, 0.3) is 0 Å². The number of ether oxygens (including phenoxy) is 1. The number of carbonyl (C=O) groups excluding carboxylic acids is 2. The van der Waals surface area contributed by atoms with Crippen LogP contribution in [0.2, 0.25) is 10.0 Å². The van der Waals surface area contributed by atoms with Crippen molar-refractivity contribution in [3.05, 3.63) is 62.5 Å². The van der Waals surface area contributed by atoms with E-state index in [4.69, 9.17) is 27.9 Å². The molecule has 0 aliphatic rings. The minimum absolute atomic E-state index is 0.00782. The van der Waals surface area contributed by atoms with Crippen LogP contribution in [0.15, 0.2) is 51.8 Å². The van der Waals surface area contributed by atoms with Gasteiger partial charge in [0, 0.05) is 10.0 Å². The average Bonchev–Trinajstić information content (AvgIpc) is 2.60. The standard InChI is InChI=1S/C16H12BrCl2NO5S/c17-11-2-1-3-12(7-11)26(23,24)20-8-16(22)25-9-15(21)10-4-5-13(18)14(19)6-10/h1-7,20H,8-9H2. The van der Waals surface area contributed by atoms with E-state index in [1.54, 1.807) is 12.1 Å². The summed E-state index contributed by atoms with van der Waals surface area (Å²) in [4.78, 5) is 23.6. The Kier molecular flexibility index (Phi) is 7.19. The summed E-state index contributed by atoms with van der Waals surface area (Å²) >= 11 is 14.7. The number of rotatable bonds is 7. The third-order valence-electron chi connectivity index (χ3n) is 3.12. The highest BCUT2D eigenvalue weighted by Gasteiger charge is 2.17. The summed E-state index contributed by atoms with van der Waals surface area (Å²) in [7, 11) is -3.88. The molecule has 2 aromatic rings. The van der Waals surface area contributed by atoms with Crippen LogP contribution in [0.5, 0.6) is 0 Å². The second-order valence-electron chi connectivity index (χ2n) is 4.99. The van der Waals surface area contributed by atoms with Crippen LogP contribution >= 0.6 is 39.1 Å². The molecule has 1 N–H and O–H groups in total. The third kappa shape index (κ3) is 5.78. The number of ketones is 1. The fourth-order valence-corrected chi connectivity index (χ4v) is 3.68. The first-order chi connectivity index (χ1) is 12.2. The van der Waals surface area contributed by atoms with E-state index in [0.717, 1.165) is 0 Å². The van der Waals surface area contributed by atoms with Gasteiger partial charge in [-0.05, 0) is 36.4 Å².